The summed E-state index contributed by atoms with van der Waals surface area (Å²) in [5.41, 5.74) is 3.59. The Hall–Kier alpha value is -5.57. The van der Waals surface area contributed by atoms with Crippen LogP contribution in [0.25, 0.3) is 0 Å². The molecule has 0 aliphatic rings. The first-order valence-electron chi connectivity index (χ1n) is 13.3. The zero-order valence-electron chi connectivity index (χ0n) is 23.0. The normalized spacial score (nSPS) is 11.5. The number of rotatable bonds is 9. The van der Waals surface area contributed by atoms with Gasteiger partial charge in [0.05, 0.1) is 6.04 Å². The van der Waals surface area contributed by atoms with E-state index in [4.69, 9.17) is 0 Å². The van der Waals surface area contributed by atoms with E-state index in [1.165, 1.54) is 7.05 Å². The maximum absolute atomic E-state index is 13.3. The van der Waals surface area contributed by atoms with Gasteiger partial charge in [0, 0.05) is 42.7 Å². The molecule has 0 saturated heterocycles. The first-order valence-corrected chi connectivity index (χ1v) is 13.3. The Balaban J connectivity index is 1.54. The number of aromatic nitrogens is 2. The number of aldehydes is 1. The molecule has 0 aliphatic carbocycles. The summed E-state index contributed by atoms with van der Waals surface area (Å²) >= 11 is 0. The minimum absolute atomic E-state index is 0.0572. The van der Waals surface area contributed by atoms with Crippen molar-refractivity contribution in [3.8, 4) is 23.7 Å². The maximum Gasteiger partial charge on any atom is 0.252 e. The van der Waals surface area contributed by atoms with E-state index in [0.29, 0.717) is 34.5 Å². The van der Waals surface area contributed by atoms with Gasteiger partial charge in [0.1, 0.15) is 23.7 Å². The molecule has 208 valence electrons. The van der Waals surface area contributed by atoms with Gasteiger partial charge in [-0.2, -0.15) is 0 Å². The summed E-state index contributed by atoms with van der Waals surface area (Å²) < 4.78 is 0. The number of likely N-dealkylation sites (N-methyl/N-ethyl adjacent to an activating group) is 1. The molecule has 2 amide bonds. The van der Waals surface area contributed by atoms with Crippen molar-refractivity contribution in [3.63, 3.8) is 0 Å². The lowest BCUT2D eigenvalue weighted by Gasteiger charge is -2.20. The molecule has 2 atom stereocenters. The van der Waals surface area contributed by atoms with Crippen molar-refractivity contribution in [3.05, 3.63) is 131 Å². The number of pyridine rings is 2. The van der Waals surface area contributed by atoms with E-state index in [-0.39, 0.29) is 6.54 Å². The number of carbonyl (C=O) groups excluding carboxylic acids is 3. The summed E-state index contributed by atoms with van der Waals surface area (Å²) in [4.78, 5) is 46.1. The summed E-state index contributed by atoms with van der Waals surface area (Å²) in [6.07, 6.45) is 4.57. The number of hydrogen-bond donors (Lipinski definition) is 3. The second-order valence-electron chi connectivity index (χ2n) is 9.17. The van der Waals surface area contributed by atoms with Crippen LogP contribution in [0.4, 0.5) is 0 Å². The third-order valence-electron chi connectivity index (χ3n) is 6.18. The highest BCUT2D eigenvalue weighted by molar-refractivity contribution is 5.98. The molecule has 0 aliphatic heterocycles. The van der Waals surface area contributed by atoms with Crippen LogP contribution >= 0.6 is 0 Å². The van der Waals surface area contributed by atoms with Gasteiger partial charge < -0.3 is 20.7 Å². The van der Waals surface area contributed by atoms with Gasteiger partial charge in [-0.1, -0.05) is 54.3 Å². The third-order valence-corrected chi connectivity index (χ3v) is 6.18. The Labute approximate surface area is 245 Å². The number of amides is 2. The number of nitrogens with zero attached hydrogens (tertiary/aromatic N) is 2. The van der Waals surface area contributed by atoms with Crippen LogP contribution in [-0.2, 0) is 16.0 Å². The van der Waals surface area contributed by atoms with Crippen molar-refractivity contribution in [1.82, 2.24) is 25.9 Å². The quantitative estimate of drug-likeness (QED) is 0.216. The summed E-state index contributed by atoms with van der Waals surface area (Å²) in [7, 11) is 1.49. The molecule has 2 aromatic heterocycles. The van der Waals surface area contributed by atoms with Gasteiger partial charge in [-0.25, -0.2) is 9.97 Å². The SMILES string of the molecule is CNC(=O)C(CN[C@H](C=O)Cc1ccccc1)NC(=O)c1ccc(C#Cc2ccccn2)c(C#Cc2ccccn2)c1. The van der Waals surface area contributed by atoms with E-state index in [1.807, 2.05) is 48.5 Å². The van der Waals surface area contributed by atoms with Gasteiger partial charge in [0.25, 0.3) is 5.91 Å². The molecule has 2 aromatic carbocycles. The number of hydrogen-bond acceptors (Lipinski definition) is 6. The maximum atomic E-state index is 13.3. The van der Waals surface area contributed by atoms with Gasteiger partial charge in [0.2, 0.25) is 5.91 Å². The summed E-state index contributed by atoms with van der Waals surface area (Å²) in [6, 6.07) is 24.0. The van der Waals surface area contributed by atoms with Crippen LogP contribution in [0.5, 0.6) is 0 Å². The fourth-order valence-electron chi connectivity index (χ4n) is 3.96. The molecule has 8 nitrogen and oxygen atoms in total. The monoisotopic (exact) mass is 555 g/mol. The lowest BCUT2D eigenvalue weighted by Crippen LogP contribution is -2.53. The molecular formula is C34H29N5O3. The molecule has 0 bridgehead atoms. The van der Waals surface area contributed by atoms with E-state index in [1.54, 1.807) is 48.8 Å². The molecule has 0 saturated carbocycles. The average Bonchev–Trinajstić information content (AvgIpc) is 3.05. The largest absolute Gasteiger partial charge is 0.357 e. The predicted molar refractivity (Wildman–Crippen MR) is 160 cm³/mol. The Morgan fingerprint density at radius 2 is 1.45 bits per heavy atom. The lowest BCUT2D eigenvalue weighted by molar-refractivity contribution is -0.122. The van der Waals surface area contributed by atoms with E-state index in [0.717, 1.165) is 11.8 Å². The zero-order valence-corrected chi connectivity index (χ0v) is 23.0. The van der Waals surface area contributed by atoms with Crippen LogP contribution in [0.1, 0.15) is 38.4 Å². The molecule has 3 N–H and O–H groups in total. The molecule has 4 aromatic rings. The van der Waals surface area contributed by atoms with Gasteiger partial charge in [0.15, 0.2) is 0 Å². The molecule has 42 heavy (non-hydrogen) atoms. The van der Waals surface area contributed by atoms with E-state index in [2.05, 4.69) is 49.6 Å². The van der Waals surface area contributed by atoms with Crippen molar-refractivity contribution in [2.24, 2.45) is 0 Å². The van der Waals surface area contributed by atoms with Crippen LogP contribution in [0.2, 0.25) is 0 Å². The minimum Gasteiger partial charge on any atom is -0.357 e. The van der Waals surface area contributed by atoms with Crippen LogP contribution in [0, 0.1) is 23.7 Å². The molecule has 4 rings (SSSR count). The smallest absolute Gasteiger partial charge is 0.252 e. The topological polar surface area (TPSA) is 113 Å². The number of carbonyl (C=O) groups is 3. The highest BCUT2D eigenvalue weighted by Gasteiger charge is 2.22. The Bertz CT molecular complexity index is 1640. The van der Waals surface area contributed by atoms with Crippen molar-refractivity contribution >= 4 is 18.1 Å². The fraction of sp³-hybridized carbons (Fsp3) is 0.147. The molecule has 1 unspecified atom stereocenters. The molecule has 0 radical (unpaired) electrons. The van der Waals surface area contributed by atoms with Gasteiger partial charge in [-0.05, 0) is 66.3 Å². The first kappa shape index (κ1) is 29.4. The van der Waals surface area contributed by atoms with Crippen molar-refractivity contribution in [2.75, 3.05) is 13.6 Å². The van der Waals surface area contributed by atoms with E-state index < -0.39 is 23.9 Å². The molecule has 2 heterocycles. The highest BCUT2D eigenvalue weighted by Crippen LogP contribution is 2.12. The lowest BCUT2D eigenvalue weighted by atomic mass is 10.0. The van der Waals surface area contributed by atoms with E-state index in [9.17, 15) is 14.4 Å². The predicted octanol–water partition coefficient (Wildman–Crippen LogP) is 2.52. The molecule has 8 heteroatoms. The van der Waals surface area contributed by atoms with Gasteiger partial charge in [-0.3, -0.25) is 9.59 Å². The Kier molecular flexibility index (Phi) is 10.7. The average molecular weight is 556 g/mol. The Morgan fingerprint density at radius 1 is 0.810 bits per heavy atom. The van der Waals surface area contributed by atoms with Crippen molar-refractivity contribution in [1.29, 1.82) is 0 Å². The zero-order chi connectivity index (χ0) is 29.6. The highest BCUT2D eigenvalue weighted by atomic mass is 16.2. The minimum atomic E-state index is -0.924. The van der Waals surface area contributed by atoms with Crippen molar-refractivity contribution in [2.45, 2.75) is 18.5 Å². The first-order chi connectivity index (χ1) is 20.6. The molecule has 0 fully saturated rings. The van der Waals surface area contributed by atoms with Gasteiger partial charge in [-0.15, -0.1) is 0 Å². The van der Waals surface area contributed by atoms with Gasteiger partial charge >= 0.3 is 0 Å². The van der Waals surface area contributed by atoms with Crippen molar-refractivity contribution < 1.29 is 14.4 Å². The number of nitrogens with one attached hydrogen (secondary N) is 3. The van der Waals surface area contributed by atoms with Crippen LogP contribution in [-0.4, -0.2) is 53.7 Å². The third kappa shape index (κ3) is 8.72. The van der Waals surface area contributed by atoms with Crippen LogP contribution < -0.4 is 16.0 Å². The summed E-state index contributed by atoms with van der Waals surface area (Å²) in [5, 5.41) is 8.42. The second kappa shape index (κ2) is 15.3. The fourth-order valence-corrected chi connectivity index (χ4v) is 3.96. The van der Waals surface area contributed by atoms with Crippen LogP contribution in [0.15, 0.2) is 97.3 Å². The molecule has 0 spiro atoms. The Morgan fingerprint density at radius 3 is 2.05 bits per heavy atom. The number of benzene rings is 2. The standard InChI is InChI=1S/C34H29N5O3/c1-35-34(42)32(23-38-31(24-40)21-25-9-3-2-4-10-25)39-33(41)28-14-13-26(15-17-29-11-5-7-19-36-29)27(22-28)16-18-30-12-6-8-20-37-30/h2-14,19-20,22,24,31-32,38H,21,23H2,1H3,(H,35,42)(H,39,41)/t31-,32?/m0/s1. The van der Waals surface area contributed by atoms with E-state index >= 15 is 0 Å². The van der Waals surface area contributed by atoms with Crippen LogP contribution in [0.3, 0.4) is 0 Å². The molecular weight excluding hydrogens is 526 g/mol. The summed E-state index contributed by atoms with van der Waals surface area (Å²) in [6.45, 7) is 0.0572. The second-order valence-corrected chi connectivity index (χ2v) is 9.17. The summed E-state index contributed by atoms with van der Waals surface area (Å²) in [5.74, 6) is 11.3.